The number of rotatable bonds is 3. The highest BCUT2D eigenvalue weighted by atomic mass is 35.5. The van der Waals surface area contributed by atoms with Gasteiger partial charge in [0.25, 0.3) is 0 Å². The second-order valence-corrected chi connectivity index (χ2v) is 5.00. The quantitative estimate of drug-likeness (QED) is 0.929. The van der Waals surface area contributed by atoms with Crippen molar-refractivity contribution in [3.05, 3.63) is 51.2 Å². The third-order valence-electron chi connectivity index (χ3n) is 2.95. The third-order valence-corrected chi connectivity index (χ3v) is 3.65. The summed E-state index contributed by atoms with van der Waals surface area (Å²) in [5.41, 5.74) is 10.8. The highest BCUT2D eigenvalue weighted by molar-refractivity contribution is 7.08. The van der Waals surface area contributed by atoms with Gasteiger partial charge in [-0.25, -0.2) is 0 Å². The van der Waals surface area contributed by atoms with Gasteiger partial charge in [0.05, 0.1) is 13.2 Å². The molecule has 0 aliphatic heterocycles. The molecule has 0 bridgehead atoms. The van der Waals surface area contributed by atoms with Gasteiger partial charge in [0, 0.05) is 0 Å². The standard InChI is InChI=1S/C14H17NOS.ClH/c1-9-6-12(7-10(2)14(9)16-3)13(15)11-4-5-17-8-11;/h4-8,13H,15H2,1-3H3;1H/t13-;/m1./s1. The average Bonchev–Trinajstić information content (AvgIpc) is 2.81. The minimum Gasteiger partial charge on any atom is -0.496 e. The smallest absolute Gasteiger partial charge is 0.124 e. The third kappa shape index (κ3) is 2.86. The zero-order valence-corrected chi connectivity index (χ0v) is 12.4. The summed E-state index contributed by atoms with van der Waals surface area (Å²) >= 11 is 1.67. The Morgan fingerprint density at radius 3 is 2.22 bits per heavy atom. The van der Waals surface area contributed by atoms with Crippen molar-refractivity contribution in [1.29, 1.82) is 0 Å². The Balaban J connectivity index is 0.00000162. The molecule has 1 heterocycles. The molecule has 0 unspecified atom stereocenters. The minimum atomic E-state index is -0.0513. The number of methoxy groups -OCH3 is 1. The monoisotopic (exact) mass is 283 g/mol. The molecule has 1 aromatic heterocycles. The van der Waals surface area contributed by atoms with Crippen molar-refractivity contribution in [2.24, 2.45) is 5.73 Å². The van der Waals surface area contributed by atoms with Gasteiger partial charge in [-0.05, 0) is 52.9 Å². The van der Waals surface area contributed by atoms with E-state index >= 15 is 0 Å². The van der Waals surface area contributed by atoms with Crippen molar-refractivity contribution in [3.8, 4) is 5.75 Å². The van der Waals surface area contributed by atoms with E-state index in [1.54, 1.807) is 18.4 Å². The van der Waals surface area contributed by atoms with E-state index in [1.807, 2.05) is 0 Å². The molecule has 0 saturated carbocycles. The van der Waals surface area contributed by atoms with Crippen molar-refractivity contribution < 1.29 is 4.74 Å². The molecule has 0 amide bonds. The summed E-state index contributed by atoms with van der Waals surface area (Å²) in [5, 5.41) is 4.15. The second-order valence-electron chi connectivity index (χ2n) is 4.22. The first-order valence-corrected chi connectivity index (χ1v) is 6.50. The van der Waals surface area contributed by atoms with Gasteiger partial charge in [0.15, 0.2) is 0 Å². The average molecular weight is 284 g/mol. The van der Waals surface area contributed by atoms with E-state index < -0.39 is 0 Å². The SMILES string of the molecule is COc1c(C)cc([C@H](N)c2ccsc2)cc1C.Cl. The summed E-state index contributed by atoms with van der Waals surface area (Å²) in [7, 11) is 1.70. The van der Waals surface area contributed by atoms with Crippen molar-refractivity contribution in [3.63, 3.8) is 0 Å². The first-order chi connectivity index (χ1) is 8.13. The highest BCUT2D eigenvalue weighted by Gasteiger charge is 2.12. The van der Waals surface area contributed by atoms with Crippen LogP contribution >= 0.6 is 23.7 Å². The number of ether oxygens (including phenoxy) is 1. The maximum absolute atomic E-state index is 6.26. The van der Waals surface area contributed by atoms with Crippen LogP contribution in [0.1, 0.15) is 28.3 Å². The number of halogens is 1. The van der Waals surface area contributed by atoms with Crippen LogP contribution in [0.5, 0.6) is 5.75 Å². The predicted molar refractivity (Wildman–Crippen MR) is 80.1 cm³/mol. The number of hydrogen-bond acceptors (Lipinski definition) is 3. The van der Waals surface area contributed by atoms with E-state index in [2.05, 4.69) is 42.8 Å². The Kier molecular flexibility index (Phi) is 5.20. The summed E-state index contributed by atoms with van der Waals surface area (Å²) in [6, 6.07) is 6.23. The normalized spacial score (nSPS) is 11.8. The summed E-state index contributed by atoms with van der Waals surface area (Å²) < 4.78 is 5.36. The van der Waals surface area contributed by atoms with E-state index in [9.17, 15) is 0 Å². The number of nitrogens with two attached hydrogens (primary N) is 1. The summed E-state index contributed by atoms with van der Waals surface area (Å²) in [6.07, 6.45) is 0. The molecule has 4 heteroatoms. The largest absolute Gasteiger partial charge is 0.496 e. The van der Waals surface area contributed by atoms with E-state index in [1.165, 1.54) is 5.56 Å². The fourth-order valence-corrected chi connectivity index (χ4v) is 2.83. The zero-order valence-electron chi connectivity index (χ0n) is 10.8. The minimum absolute atomic E-state index is 0. The van der Waals surface area contributed by atoms with Crippen LogP contribution in [-0.2, 0) is 0 Å². The van der Waals surface area contributed by atoms with Gasteiger partial charge in [0.1, 0.15) is 5.75 Å². The second kappa shape index (κ2) is 6.23. The molecule has 98 valence electrons. The zero-order chi connectivity index (χ0) is 12.4. The molecule has 1 aromatic carbocycles. The van der Waals surface area contributed by atoms with Crippen molar-refractivity contribution >= 4 is 23.7 Å². The number of benzene rings is 1. The van der Waals surface area contributed by atoms with E-state index in [-0.39, 0.29) is 18.4 Å². The van der Waals surface area contributed by atoms with Crippen LogP contribution < -0.4 is 10.5 Å². The Labute approximate surface area is 118 Å². The molecule has 0 aliphatic carbocycles. The van der Waals surface area contributed by atoms with Gasteiger partial charge < -0.3 is 10.5 Å². The van der Waals surface area contributed by atoms with E-state index in [4.69, 9.17) is 10.5 Å². The van der Waals surface area contributed by atoms with Crippen LogP contribution in [0.25, 0.3) is 0 Å². The van der Waals surface area contributed by atoms with Crippen LogP contribution in [0, 0.1) is 13.8 Å². The fraction of sp³-hybridized carbons (Fsp3) is 0.286. The first kappa shape index (κ1) is 15.0. The molecule has 0 fully saturated rings. The van der Waals surface area contributed by atoms with Gasteiger partial charge in [-0.3, -0.25) is 0 Å². The van der Waals surface area contributed by atoms with Crippen LogP contribution in [-0.4, -0.2) is 7.11 Å². The Hall–Kier alpha value is -1.03. The maximum atomic E-state index is 6.26. The van der Waals surface area contributed by atoms with Crippen molar-refractivity contribution in [2.75, 3.05) is 7.11 Å². The van der Waals surface area contributed by atoms with E-state index in [0.29, 0.717) is 0 Å². The van der Waals surface area contributed by atoms with Gasteiger partial charge in [-0.2, -0.15) is 11.3 Å². The lowest BCUT2D eigenvalue weighted by Gasteiger charge is -2.15. The number of thiophene rings is 1. The lowest BCUT2D eigenvalue weighted by atomic mass is 9.97. The van der Waals surface area contributed by atoms with Crippen molar-refractivity contribution in [2.45, 2.75) is 19.9 Å². The van der Waals surface area contributed by atoms with Crippen LogP contribution in [0.15, 0.2) is 29.0 Å². The molecule has 2 rings (SSSR count). The number of hydrogen-bond donors (Lipinski definition) is 1. The highest BCUT2D eigenvalue weighted by Crippen LogP contribution is 2.29. The Bertz CT molecular complexity index is 488. The molecular formula is C14H18ClNOS. The van der Waals surface area contributed by atoms with Gasteiger partial charge in [-0.15, -0.1) is 12.4 Å². The van der Waals surface area contributed by atoms with Gasteiger partial charge in [-0.1, -0.05) is 12.1 Å². The first-order valence-electron chi connectivity index (χ1n) is 5.56. The molecule has 0 saturated heterocycles. The van der Waals surface area contributed by atoms with Crippen molar-refractivity contribution in [1.82, 2.24) is 0 Å². The molecule has 2 nitrogen and oxygen atoms in total. The van der Waals surface area contributed by atoms with Crippen LogP contribution in [0.4, 0.5) is 0 Å². The molecule has 1 atom stereocenters. The van der Waals surface area contributed by atoms with Crippen LogP contribution in [0.3, 0.4) is 0 Å². The molecule has 0 spiro atoms. The Morgan fingerprint density at radius 2 is 1.78 bits per heavy atom. The summed E-state index contributed by atoms with van der Waals surface area (Å²) in [5.74, 6) is 0.950. The fourth-order valence-electron chi connectivity index (χ4n) is 2.13. The van der Waals surface area contributed by atoms with Gasteiger partial charge >= 0.3 is 0 Å². The molecule has 2 N–H and O–H groups in total. The Morgan fingerprint density at radius 1 is 1.17 bits per heavy atom. The van der Waals surface area contributed by atoms with E-state index in [0.717, 1.165) is 22.4 Å². The topological polar surface area (TPSA) is 35.2 Å². The molecule has 2 aromatic rings. The maximum Gasteiger partial charge on any atom is 0.124 e. The lowest BCUT2D eigenvalue weighted by molar-refractivity contribution is 0.408. The predicted octanol–water partition coefficient (Wildman–Crippen LogP) is 3.84. The number of aryl methyl sites for hydroxylation is 2. The molecule has 18 heavy (non-hydrogen) atoms. The van der Waals surface area contributed by atoms with Crippen LogP contribution in [0.2, 0.25) is 0 Å². The molecule has 0 aliphatic rings. The molecular weight excluding hydrogens is 266 g/mol. The summed E-state index contributed by atoms with van der Waals surface area (Å²) in [6.45, 7) is 4.10. The molecule has 0 radical (unpaired) electrons. The lowest BCUT2D eigenvalue weighted by Crippen LogP contribution is -2.11. The summed E-state index contributed by atoms with van der Waals surface area (Å²) in [4.78, 5) is 0. The van der Waals surface area contributed by atoms with Gasteiger partial charge in [0.2, 0.25) is 0 Å².